The summed E-state index contributed by atoms with van der Waals surface area (Å²) in [7, 11) is 3.14. The highest BCUT2D eigenvalue weighted by Gasteiger charge is 2.53. The fraction of sp³-hybridized carbons (Fsp3) is 0.351. The summed E-state index contributed by atoms with van der Waals surface area (Å²) in [5.41, 5.74) is 5.58. The van der Waals surface area contributed by atoms with E-state index < -0.39 is 47.7 Å². The normalized spacial score (nSPS) is 19.4. The van der Waals surface area contributed by atoms with Crippen LogP contribution >= 0.6 is 0 Å². The van der Waals surface area contributed by atoms with Crippen LogP contribution in [0.5, 0.6) is 11.5 Å². The SMILES string of the molecule is COc1ccc(C(OC(C(C)=O)[C@H]2O[C@@H](n3ccc(N)nc3=O)[C@H](OCCOCCC#N)[C@@H]2O)(c2ccccc2)c2ccc(OC)cc2)cc1. The Morgan fingerprint density at radius 1 is 0.960 bits per heavy atom. The van der Waals surface area contributed by atoms with Crippen molar-refractivity contribution in [3.8, 4) is 17.6 Å². The molecule has 0 amide bonds. The Morgan fingerprint density at radius 3 is 2.10 bits per heavy atom. The molecule has 0 radical (unpaired) electrons. The number of carbonyl (C=O) groups is 1. The first-order valence-electron chi connectivity index (χ1n) is 16.0. The average Bonchev–Trinajstić information content (AvgIpc) is 3.45. The lowest BCUT2D eigenvalue weighted by Crippen LogP contribution is -2.49. The van der Waals surface area contributed by atoms with Crippen molar-refractivity contribution >= 4 is 11.6 Å². The van der Waals surface area contributed by atoms with Crippen molar-refractivity contribution in [2.75, 3.05) is 39.8 Å². The largest absolute Gasteiger partial charge is 0.497 e. The van der Waals surface area contributed by atoms with E-state index in [2.05, 4.69) is 4.98 Å². The number of aromatic nitrogens is 2. The number of hydrogen-bond acceptors (Lipinski definition) is 12. The van der Waals surface area contributed by atoms with E-state index in [-0.39, 0.29) is 32.1 Å². The van der Waals surface area contributed by atoms with Gasteiger partial charge in [-0.3, -0.25) is 9.36 Å². The number of benzene rings is 3. The molecule has 5 rings (SSSR count). The minimum atomic E-state index is -1.46. The minimum absolute atomic E-state index is 0.00119. The first-order valence-corrected chi connectivity index (χ1v) is 16.0. The molecule has 1 fully saturated rings. The number of aliphatic hydroxyl groups excluding tert-OH is 1. The Bertz CT molecular complexity index is 1760. The third kappa shape index (κ3) is 7.70. The van der Waals surface area contributed by atoms with Gasteiger partial charge in [-0.05, 0) is 53.9 Å². The maximum absolute atomic E-state index is 13.7. The molecule has 2 heterocycles. The number of nitrogen functional groups attached to an aromatic ring is 1. The molecule has 1 aliphatic heterocycles. The molecule has 0 aliphatic carbocycles. The maximum atomic E-state index is 13.7. The Morgan fingerprint density at radius 2 is 1.56 bits per heavy atom. The number of ketones is 1. The van der Waals surface area contributed by atoms with Crippen LogP contribution in [0.25, 0.3) is 0 Å². The molecule has 262 valence electrons. The quantitative estimate of drug-likeness (QED) is 0.130. The number of Topliss-reactive ketones (excluding diaryl/α,β-unsaturated/α-hetero) is 1. The van der Waals surface area contributed by atoms with Crippen LogP contribution in [0.2, 0.25) is 0 Å². The smallest absolute Gasteiger partial charge is 0.351 e. The number of nitriles is 1. The monoisotopic (exact) mass is 684 g/mol. The lowest BCUT2D eigenvalue weighted by molar-refractivity contribution is -0.164. The number of anilines is 1. The highest BCUT2D eigenvalue weighted by Crippen LogP contribution is 2.45. The van der Waals surface area contributed by atoms with Gasteiger partial charge in [0.25, 0.3) is 0 Å². The van der Waals surface area contributed by atoms with Gasteiger partial charge in [0.1, 0.15) is 47.3 Å². The number of methoxy groups -OCH3 is 2. The van der Waals surface area contributed by atoms with Gasteiger partial charge in [0.15, 0.2) is 12.0 Å². The molecule has 13 nitrogen and oxygen atoms in total. The van der Waals surface area contributed by atoms with Crippen LogP contribution in [0.1, 0.15) is 36.3 Å². The number of nitrogens with two attached hydrogens (primary N) is 1. The molecule has 13 heteroatoms. The van der Waals surface area contributed by atoms with Gasteiger partial charge in [-0.15, -0.1) is 0 Å². The molecule has 1 aromatic heterocycles. The molecule has 3 aromatic carbocycles. The second kappa shape index (κ2) is 16.5. The molecule has 1 aliphatic rings. The van der Waals surface area contributed by atoms with Crippen molar-refractivity contribution in [1.29, 1.82) is 5.26 Å². The van der Waals surface area contributed by atoms with Gasteiger partial charge in [-0.2, -0.15) is 10.2 Å². The zero-order valence-electron chi connectivity index (χ0n) is 28.0. The fourth-order valence-corrected chi connectivity index (χ4v) is 6.01. The predicted octanol–water partition coefficient (Wildman–Crippen LogP) is 3.38. The molecule has 0 saturated carbocycles. The third-order valence-electron chi connectivity index (χ3n) is 8.45. The Kier molecular flexibility index (Phi) is 12.0. The van der Waals surface area contributed by atoms with Gasteiger partial charge in [0.2, 0.25) is 0 Å². The summed E-state index contributed by atoms with van der Waals surface area (Å²) in [5.74, 6) is 0.787. The van der Waals surface area contributed by atoms with E-state index in [1.165, 1.54) is 19.2 Å². The summed E-state index contributed by atoms with van der Waals surface area (Å²) in [6.45, 7) is 1.65. The number of aliphatic hydroxyl groups is 1. The van der Waals surface area contributed by atoms with Crippen molar-refractivity contribution in [3.63, 3.8) is 0 Å². The van der Waals surface area contributed by atoms with Gasteiger partial charge in [0, 0.05) is 6.20 Å². The topological polar surface area (TPSA) is 177 Å². The van der Waals surface area contributed by atoms with E-state index in [1.54, 1.807) is 38.5 Å². The Balaban J connectivity index is 1.61. The Labute approximate surface area is 289 Å². The van der Waals surface area contributed by atoms with Crippen molar-refractivity contribution in [2.45, 2.75) is 49.6 Å². The predicted molar refractivity (Wildman–Crippen MR) is 181 cm³/mol. The molecule has 5 atom stereocenters. The standard InChI is InChI=1S/C37H40N4O9/c1-24(42)32(33-31(43)34(48-23-22-47-21-7-19-38)35(49-33)41-20-18-30(39)40-36(41)44)50-37(25-8-5-4-6-9-25,26-10-14-28(45-2)15-11-26)27-12-16-29(46-3)17-13-27/h4-6,8-18,20,31-35,43H,7,21-23H2,1-3H3,(H2,39,40,44)/t31-,32?,33+,34-,35-/m1/s1. The van der Waals surface area contributed by atoms with Crippen LogP contribution in [0.15, 0.2) is 95.9 Å². The Hall–Kier alpha value is -5.10. The van der Waals surface area contributed by atoms with Crippen LogP contribution in [0.4, 0.5) is 5.82 Å². The van der Waals surface area contributed by atoms with E-state index >= 15 is 0 Å². The molecule has 4 aromatic rings. The molecule has 0 spiro atoms. The van der Waals surface area contributed by atoms with Crippen LogP contribution in [0, 0.1) is 11.3 Å². The summed E-state index contributed by atoms with van der Waals surface area (Å²) in [5, 5.41) is 20.7. The molecule has 1 unspecified atom stereocenters. The second-order valence-electron chi connectivity index (χ2n) is 11.5. The maximum Gasteiger partial charge on any atom is 0.351 e. The average molecular weight is 685 g/mol. The highest BCUT2D eigenvalue weighted by atomic mass is 16.6. The molecule has 50 heavy (non-hydrogen) atoms. The highest BCUT2D eigenvalue weighted by molar-refractivity contribution is 5.81. The summed E-state index contributed by atoms with van der Waals surface area (Å²) >= 11 is 0. The second-order valence-corrected chi connectivity index (χ2v) is 11.5. The van der Waals surface area contributed by atoms with E-state index in [0.717, 1.165) is 4.57 Å². The summed E-state index contributed by atoms with van der Waals surface area (Å²) in [6.07, 6.45) is -4.94. The van der Waals surface area contributed by atoms with Gasteiger partial charge >= 0.3 is 5.69 Å². The van der Waals surface area contributed by atoms with E-state index in [0.29, 0.717) is 28.2 Å². The van der Waals surface area contributed by atoms with Crippen molar-refractivity contribution in [1.82, 2.24) is 9.55 Å². The molecular formula is C37H40N4O9. The summed E-state index contributed by atoms with van der Waals surface area (Å²) in [6, 6.07) is 27.4. The molecule has 3 N–H and O–H groups in total. The van der Waals surface area contributed by atoms with Crippen LogP contribution in [-0.2, 0) is 29.3 Å². The van der Waals surface area contributed by atoms with E-state index in [1.807, 2.05) is 60.7 Å². The first kappa shape index (κ1) is 36.2. The van der Waals surface area contributed by atoms with Crippen LogP contribution in [-0.4, -0.2) is 78.9 Å². The summed E-state index contributed by atoms with van der Waals surface area (Å²) in [4.78, 5) is 30.6. The van der Waals surface area contributed by atoms with Crippen molar-refractivity contribution in [3.05, 3.63) is 118 Å². The number of nitrogens with zero attached hydrogens (tertiary/aromatic N) is 3. The minimum Gasteiger partial charge on any atom is -0.497 e. The lowest BCUT2D eigenvalue weighted by atomic mass is 9.79. The number of carbonyl (C=O) groups excluding carboxylic acids is 1. The summed E-state index contributed by atoms with van der Waals surface area (Å²) < 4.78 is 37.0. The third-order valence-corrected chi connectivity index (χ3v) is 8.45. The van der Waals surface area contributed by atoms with Crippen molar-refractivity contribution in [2.24, 2.45) is 0 Å². The fourth-order valence-electron chi connectivity index (χ4n) is 6.01. The van der Waals surface area contributed by atoms with E-state index in [4.69, 9.17) is 39.4 Å². The number of hydrogen-bond donors (Lipinski definition) is 2. The number of rotatable bonds is 16. The lowest BCUT2D eigenvalue weighted by Gasteiger charge is -2.40. The van der Waals surface area contributed by atoms with Gasteiger partial charge in [-0.25, -0.2) is 4.79 Å². The van der Waals surface area contributed by atoms with Crippen LogP contribution in [0.3, 0.4) is 0 Å². The van der Waals surface area contributed by atoms with Gasteiger partial charge in [-0.1, -0.05) is 54.6 Å². The zero-order chi connectivity index (χ0) is 35.7. The molecule has 0 bridgehead atoms. The van der Waals surface area contributed by atoms with Crippen molar-refractivity contribution < 1.29 is 38.3 Å². The van der Waals surface area contributed by atoms with Gasteiger partial charge in [0.05, 0.1) is 46.5 Å². The van der Waals surface area contributed by atoms with Crippen LogP contribution < -0.4 is 20.9 Å². The van der Waals surface area contributed by atoms with E-state index in [9.17, 15) is 14.7 Å². The van der Waals surface area contributed by atoms with Gasteiger partial charge < -0.3 is 39.3 Å². The first-order chi connectivity index (χ1) is 24.2. The molecular weight excluding hydrogens is 644 g/mol. The number of ether oxygens (including phenoxy) is 6. The molecule has 1 saturated heterocycles. The zero-order valence-corrected chi connectivity index (χ0v) is 28.0.